The lowest BCUT2D eigenvalue weighted by Gasteiger charge is -2.33. The number of H-pyrrole nitrogens is 1. The molecule has 9 nitrogen and oxygen atoms in total. The molecule has 3 unspecified atom stereocenters. The van der Waals surface area contributed by atoms with Gasteiger partial charge in [0.15, 0.2) is 0 Å². The SMILES string of the molecule is COC(=O)C1C(C)=NC(C)=C(C(=O)NCC(C)(C)NCC(O)COc2cccc3[nH]c4ccccc4c23)C1c1ccccc1Cl. The summed E-state index contributed by atoms with van der Waals surface area (Å²) in [4.78, 5) is 34.6. The quantitative estimate of drug-likeness (QED) is 0.162. The number of ether oxygens (including phenoxy) is 2. The zero-order chi connectivity index (χ0) is 32.3. The summed E-state index contributed by atoms with van der Waals surface area (Å²) >= 11 is 6.58. The van der Waals surface area contributed by atoms with E-state index < -0.39 is 29.4 Å². The molecule has 1 amide bonds. The number of hydrogen-bond acceptors (Lipinski definition) is 7. The van der Waals surface area contributed by atoms with Crippen LogP contribution in [0.2, 0.25) is 5.02 Å². The topological polar surface area (TPSA) is 125 Å². The lowest BCUT2D eigenvalue weighted by molar-refractivity contribution is -0.143. The largest absolute Gasteiger partial charge is 0.490 e. The molecule has 0 saturated carbocycles. The number of amides is 1. The van der Waals surface area contributed by atoms with Crippen LogP contribution in [0.1, 0.15) is 39.2 Å². The van der Waals surface area contributed by atoms with E-state index in [2.05, 4.69) is 20.6 Å². The van der Waals surface area contributed by atoms with Gasteiger partial charge in [0.05, 0.1) is 12.6 Å². The number of para-hydroxylation sites is 1. The fraction of sp³-hybridized carbons (Fsp3) is 0.343. The number of allylic oxidation sites excluding steroid dienone is 1. The molecule has 1 aliphatic heterocycles. The maximum Gasteiger partial charge on any atom is 0.315 e. The second-order valence-electron chi connectivity index (χ2n) is 12.0. The third-order valence-corrected chi connectivity index (χ3v) is 8.54. The smallest absolute Gasteiger partial charge is 0.315 e. The van der Waals surface area contributed by atoms with E-state index in [9.17, 15) is 14.7 Å². The van der Waals surface area contributed by atoms with Crippen LogP contribution in [0.25, 0.3) is 21.8 Å². The van der Waals surface area contributed by atoms with Crippen molar-refractivity contribution in [1.29, 1.82) is 0 Å². The molecule has 4 N–H and O–H groups in total. The van der Waals surface area contributed by atoms with Crippen LogP contribution in [0.15, 0.2) is 83.0 Å². The minimum atomic E-state index is -0.800. The Morgan fingerprint density at radius 3 is 2.51 bits per heavy atom. The molecular formula is C35H39ClN4O5. The summed E-state index contributed by atoms with van der Waals surface area (Å²) < 4.78 is 11.2. The highest BCUT2D eigenvalue weighted by molar-refractivity contribution is 6.31. The first-order chi connectivity index (χ1) is 21.5. The van der Waals surface area contributed by atoms with Gasteiger partial charge in [-0.05, 0) is 57.5 Å². The number of carbonyl (C=O) groups is 2. The number of carbonyl (C=O) groups excluding carboxylic acids is 2. The summed E-state index contributed by atoms with van der Waals surface area (Å²) in [6, 6.07) is 21.0. The summed E-state index contributed by atoms with van der Waals surface area (Å²) in [5.41, 5.74) is 3.49. The van der Waals surface area contributed by atoms with Gasteiger partial charge in [-0.15, -0.1) is 0 Å². The summed E-state index contributed by atoms with van der Waals surface area (Å²) in [6.07, 6.45) is -0.800. The Balaban J connectivity index is 1.23. The highest BCUT2D eigenvalue weighted by Gasteiger charge is 2.42. The van der Waals surface area contributed by atoms with Gasteiger partial charge >= 0.3 is 5.97 Å². The van der Waals surface area contributed by atoms with Crippen LogP contribution < -0.4 is 15.4 Å². The third kappa shape index (κ3) is 6.91. The molecule has 3 atom stereocenters. The highest BCUT2D eigenvalue weighted by atomic mass is 35.5. The molecule has 0 spiro atoms. The van der Waals surface area contributed by atoms with Crippen molar-refractivity contribution in [3.8, 4) is 5.75 Å². The number of fused-ring (bicyclic) bond motifs is 3. The molecule has 1 aliphatic rings. The third-order valence-electron chi connectivity index (χ3n) is 8.20. The van der Waals surface area contributed by atoms with Crippen molar-refractivity contribution in [3.63, 3.8) is 0 Å². The molecule has 0 fully saturated rings. The number of aliphatic imine (C=N–C) groups is 1. The predicted octanol–water partition coefficient (Wildman–Crippen LogP) is 5.52. The number of esters is 1. The zero-order valence-corrected chi connectivity index (χ0v) is 26.9. The second kappa shape index (κ2) is 13.4. The standard InChI is InChI=1S/C35H39ClN4O5/c1-20-29(32(23-11-6-8-13-25(23)36)30(21(2)39-20)34(43)44-5)33(42)37-19-35(3,4)38-17-22(41)18-45-28-16-10-15-27-31(28)24-12-7-9-14-26(24)40-27/h6-16,22,30,32,38,40-41H,17-19H2,1-5H3,(H,37,42). The van der Waals surface area contributed by atoms with Crippen molar-refractivity contribution < 1.29 is 24.2 Å². The van der Waals surface area contributed by atoms with E-state index >= 15 is 0 Å². The van der Waals surface area contributed by atoms with Gasteiger partial charge in [0.1, 0.15) is 24.4 Å². The summed E-state index contributed by atoms with van der Waals surface area (Å²) in [5, 5.41) is 19.6. The molecule has 10 heteroatoms. The number of methoxy groups -OCH3 is 1. The van der Waals surface area contributed by atoms with Crippen molar-refractivity contribution in [3.05, 3.63) is 88.6 Å². The Hall–Kier alpha value is -4.18. The highest BCUT2D eigenvalue weighted by Crippen LogP contribution is 2.42. The van der Waals surface area contributed by atoms with Crippen molar-refractivity contribution >= 4 is 51.0 Å². The fourth-order valence-electron chi connectivity index (χ4n) is 5.92. The normalized spacial score (nSPS) is 17.7. The van der Waals surface area contributed by atoms with E-state index in [1.807, 2.05) is 68.4 Å². The first-order valence-corrected chi connectivity index (χ1v) is 15.3. The zero-order valence-electron chi connectivity index (χ0n) is 26.1. The van der Waals surface area contributed by atoms with E-state index in [0.29, 0.717) is 33.3 Å². The molecular weight excluding hydrogens is 592 g/mol. The van der Waals surface area contributed by atoms with Gasteiger partial charge in [0.25, 0.3) is 0 Å². The van der Waals surface area contributed by atoms with Crippen LogP contribution in [0.5, 0.6) is 5.75 Å². The van der Waals surface area contributed by atoms with Gasteiger partial charge in [-0.1, -0.05) is 54.1 Å². The number of aromatic nitrogens is 1. The van der Waals surface area contributed by atoms with Gasteiger partial charge in [0, 0.05) is 62.8 Å². The summed E-state index contributed by atoms with van der Waals surface area (Å²) in [5.74, 6) is -1.61. The molecule has 0 saturated heterocycles. The molecule has 0 aliphatic carbocycles. The van der Waals surface area contributed by atoms with Gasteiger partial charge in [-0.2, -0.15) is 0 Å². The molecule has 236 valence electrons. The minimum Gasteiger partial charge on any atom is -0.490 e. The maximum atomic E-state index is 13.8. The first kappa shape index (κ1) is 32.2. The van der Waals surface area contributed by atoms with Crippen molar-refractivity contribution in [2.24, 2.45) is 10.9 Å². The Bertz CT molecular complexity index is 1790. The molecule has 1 aromatic heterocycles. The summed E-state index contributed by atoms with van der Waals surface area (Å²) in [7, 11) is 1.32. The van der Waals surface area contributed by atoms with E-state index in [1.54, 1.807) is 26.0 Å². The minimum absolute atomic E-state index is 0.0892. The van der Waals surface area contributed by atoms with Crippen LogP contribution >= 0.6 is 11.6 Å². The number of β-amino-alcohol motifs (C(OH)–C–C–N with tert-alkyl or cyclic N) is 1. The number of nitrogens with one attached hydrogen (secondary N) is 3. The van der Waals surface area contributed by atoms with Crippen LogP contribution in [0, 0.1) is 5.92 Å². The van der Waals surface area contributed by atoms with Gasteiger partial charge in [-0.25, -0.2) is 0 Å². The van der Waals surface area contributed by atoms with Crippen LogP contribution in [-0.4, -0.2) is 66.1 Å². The lowest BCUT2D eigenvalue weighted by Crippen LogP contribution is -2.52. The molecule has 3 aromatic carbocycles. The number of aliphatic hydroxyl groups excluding tert-OH is 1. The summed E-state index contributed by atoms with van der Waals surface area (Å²) in [6.45, 7) is 7.95. The van der Waals surface area contributed by atoms with E-state index in [0.717, 1.165) is 21.8 Å². The van der Waals surface area contributed by atoms with E-state index in [-0.39, 0.29) is 25.6 Å². The van der Waals surface area contributed by atoms with Crippen LogP contribution in [0.4, 0.5) is 0 Å². The monoisotopic (exact) mass is 630 g/mol. The molecule has 0 bridgehead atoms. The molecule has 0 radical (unpaired) electrons. The van der Waals surface area contributed by atoms with Crippen molar-refractivity contribution in [1.82, 2.24) is 15.6 Å². The average Bonchev–Trinajstić information content (AvgIpc) is 3.41. The van der Waals surface area contributed by atoms with E-state index in [4.69, 9.17) is 21.1 Å². The number of halogens is 1. The molecule has 2 heterocycles. The number of rotatable bonds is 11. The number of aromatic amines is 1. The molecule has 4 aromatic rings. The van der Waals surface area contributed by atoms with Gasteiger partial charge < -0.3 is 30.2 Å². The van der Waals surface area contributed by atoms with Crippen molar-refractivity contribution in [2.75, 3.05) is 26.8 Å². The second-order valence-corrected chi connectivity index (χ2v) is 12.4. The van der Waals surface area contributed by atoms with Crippen LogP contribution in [0.3, 0.4) is 0 Å². The Morgan fingerprint density at radius 2 is 1.76 bits per heavy atom. The van der Waals surface area contributed by atoms with E-state index in [1.165, 1.54) is 7.11 Å². The first-order valence-electron chi connectivity index (χ1n) is 14.9. The number of benzene rings is 3. The van der Waals surface area contributed by atoms with Crippen LogP contribution in [-0.2, 0) is 14.3 Å². The van der Waals surface area contributed by atoms with Crippen molar-refractivity contribution in [2.45, 2.75) is 45.3 Å². The van der Waals surface area contributed by atoms with Gasteiger partial charge in [0.2, 0.25) is 5.91 Å². The molecule has 45 heavy (non-hydrogen) atoms. The number of hydrogen-bond donors (Lipinski definition) is 4. The Morgan fingerprint density at radius 1 is 1.04 bits per heavy atom. The predicted molar refractivity (Wildman–Crippen MR) is 178 cm³/mol. The Kier molecular flexibility index (Phi) is 9.62. The Labute approximate surface area is 267 Å². The fourth-order valence-corrected chi connectivity index (χ4v) is 6.17. The van der Waals surface area contributed by atoms with Gasteiger partial charge in [-0.3, -0.25) is 14.6 Å². The maximum absolute atomic E-state index is 13.8. The average molecular weight is 631 g/mol. The number of nitrogens with zero attached hydrogens (tertiary/aromatic N) is 1. The molecule has 5 rings (SSSR count). The lowest BCUT2D eigenvalue weighted by atomic mass is 9.75. The number of aliphatic hydroxyl groups is 1.